The van der Waals surface area contributed by atoms with E-state index in [0.29, 0.717) is 0 Å². The van der Waals surface area contributed by atoms with Gasteiger partial charge < -0.3 is 0 Å². The summed E-state index contributed by atoms with van der Waals surface area (Å²) in [6.45, 7) is 3.94. The number of hydrogen-bond acceptors (Lipinski definition) is 0. The smallest absolute Gasteiger partial charge is 0.114 e. The fraction of sp³-hybridized carbons (Fsp3) is 0.0417. The van der Waals surface area contributed by atoms with Gasteiger partial charge in [-0.05, 0) is 16.7 Å². The van der Waals surface area contributed by atoms with Crippen LogP contribution in [0.15, 0.2) is 103 Å². The molecule has 0 radical (unpaired) electrons. The third kappa shape index (κ3) is 2.59. The van der Waals surface area contributed by atoms with E-state index in [1.54, 1.807) is 0 Å². The molecule has 0 atom stereocenters. The number of allylic oxidation sites excluding steroid dienone is 1. The topological polar surface area (TPSA) is 0 Å². The number of rotatable bonds is 4. The van der Waals surface area contributed by atoms with Crippen molar-refractivity contribution in [3.05, 3.63) is 120 Å². The second kappa shape index (κ2) is 6.88. The standard InChI is InChI=1S/C24H18/c1-3-23(20-14-8-5-9-15-20)24(4-2,21-16-10-6-11-17-21)22-18-12-7-13-19-22/h2,5-19H,1H2. The van der Waals surface area contributed by atoms with Crippen molar-refractivity contribution in [2.45, 2.75) is 5.41 Å². The highest BCUT2D eigenvalue weighted by molar-refractivity contribution is 5.83. The van der Waals surface area contributed by atoms with Gasteiger partial charge >= 0.3 is 0 Å². The van der Waals surface area contributed by atoms with Crippen LogP contribution in [0.1, 0.15) is 16.7 Å². The first kappa shape index (κ1) is 15.6. The highest BCUT2D eigenvalue weighted by Crippen LogP contribution is 2.43. The molecule has 0 aliphatic heterocycles. The molecular formula is C24H18. The fourth-order valence-corrected chi connectivity index (χ4v) is 3.13. The zero-order valence-electron chi connectivity index (χ0n) is 13.4. The van der Waals surface area contributed by atoms with E-state index in [-0.39, 0.29) is 0 Å². The molecular weight excluding hydrogens is 288 g/mol. The fourth-order valence-electron chi connectivity index (χ4n) is 3.13. The van der Waals surface area contributed by atoms with E-state index in [1.807, 2.05) is 66.7 Å². The lowest BCUT2D eigenvalue weighted by atomic mass is 9.68. The van der Waals surface area contributed by atoms with Crippen LogP contribution in [0.2, 0.25) is 0 Å². The minimum Gasteiger partial charge on any atom is -0.122 e. The highest BCUT2D eigenvalue weighted by Gasteiger charge is 2.37. The molecule has 0 N–H and O–H groups in total. The number of hydrogen-bond donors (Lipinski definition) is 0. The van der Waals surface area contributed by atoms with Crippen LogP contribution in [-0.4, -0.2) is 0 Å². The van der Waals surface area contributed by atoms with E-state index in [9.17, 15) is 0 Å². The highest BCUT2D eigenvalue weighted by atomic mass is 14.4. The summed E-state index contributed by atoms with van der Waals surface area (Å²) in [7, 11) is 0. The van der Waals surface area contributed by atoms with E-state index in [2.05, 4.69) is 42.5 Å². The minimum absolute atomic E-state index is 0.731. The second-order valence-electron chi connectivity index (χ2n) is 5.54. The van der Waals surface area contributed by atoms with Gasteiger partial charge in [0.15, 0.2) is 0 Å². The van der Waals surface area contributed by atoms with Gasteiger partial charge in [0.1, 0.15) is 5.41 Å². The van der Waals surface area contributed by atoms with Crippen LogP contribution in [0.4, 0.5) is 0 Å². The summed E-state index contributed by atoms with van der Waals surface area (Å²) in [4.78, 5) is 0. The third-order valence-corrected chi connectivity index (χ3v) is 4.24. The molecule has 0 spiro atoms. The first-order chi connectivity index (χ1) is 11.8. The second-order valence-corrected chi connectivity index (χ2v) is 5.54. The van der Waals surface area contributed by atoms with Crippen molar-refractivity contribution in [3.8, 4) is 12.3 Å². The van der Waals surface area contributed by atoms with Crippen LogP contribution >= 0.6 is 0 Å². The number of benzene rings is 3. The summed E-state index contributed by atoms with van der Waals surface area (Å²) >= 11 is 0. The molecule has 114 valence electrons. The Morgan fingerprint density at radius 3 is 1.50 bits per heavy atom. The Hall–Kier alpha value is -3.26. The largest absolute Gasteiger partial charge is 0.122 e. The van der Waals surface area contributed by atoms with E-state index >= 15 is 0 Å². The van der Waals surface area contributed by atoms with Crippen molar-refractivity contribution in [1.29, 1.82) is 0 Å². The van der Waals surface area contributed by atoms with Gasteiger partial charge in [0.2, 0.25) is 0 Å². The molecule has 24 heavy (non-hydrogen) atoms. The zero-order chi connectivity index (χ0) is 16.8. The summed E-state index contributed by atoms with van der Waals surface area (Å²) in [5, 5.41) is 0. The maximum atomic E-state index is 6.15. The van der Waals surface area contributed by atoms with E-state index < -0.39 is 5.41 Å². The maximum Gasteiger partial charge on any atom is 0.114 e. The molecule has 0 amide bonds. The molecule has 0 unspecified atom stereocenters. The van der Waals surface area contributed by atoms with Crippen LogP contribution in [0, 0.1) is 12.3 Å². The molecule has 3 aromatic rings. The molecule has 3 rings (SSSR count). The Labute approximate surface area is 143 Å². The van der Waals surface area contributed by atoms with E-state index in [0.717, 1.165) is 22.3 Å². The predicted octanol–water partition coefficient (Wildman–Crippen LogP) is 5.47. The van der Waals surface area contributed by atoms with Gasteiger partial charge in [-0.1, -0.05) is 103 Å². The van der Waals surface area contributed by atoms with Gasteiger partial charge in [0.25, 0.3) is 0 Å². The van der Waals surface area contributed by atoms with Crippen LogP contribution in [-0.2, 0) is 5.41 Å². The molecule has 0 aliphatic rings. The predicted molar refractivity (Wildman–Crippen MR) is 101 cm³/mol. The van der Waals surface area contributed by atoms with Gasteiger partial charge in [-0.2, -0.15) is 0 Å². The van der Waals surface area contributed by atoms with Crippen molar-refractivity contribution < 1.29 is 0 Å². The van der Waals surface area contributed by atoms with Gasteiger partial charge in [0, 0.05) is 5.57 Å². The summed E-state index contributed by atoms with van der Waals surface area (Å²) < 4.78 is 0. The summed E-state index contributed by atoms with van der Waals surface area (Å²) in [5.74, 6) is 3.06. The average Bonchev–Trinajstić information content (AvgIpc) is 2.68. The lowest BCUT2D eigenvalue weighted by molar-refractivity contribution is 0.873. The lowest BCUT2D eigenvalue weighted by Crippen LogP contribution is -2.27. The molecule has 0 bridgehead atoms. The molecule has 3 aromatic carbocycles. The van der Waals surface area contributed by atoms with Crippen molar-refractivity contribution in [2.75, 3.05) is 0 Å². The van der Waals surface area contributed by atoms with Crippen molar-refractivity contribution in [3.63, 3.8) is 0 Å². The van der Waals surface area contributed by atoms with Gasteiger partial charge in [-0.25, -0.2) is 0 Å². The Balaban J connectivity index is 2.35. The molecule has 0 aromatic heterocycles. The third-order valence-electron chi connectivity index (χ3n) is 4.24. The number of terminal acetylenes is 1. The van der Waals surface area contributed by atoms with Gasteiger partial charge in [-0.3, -0.25) is 0 Å². The molecule has 0 nitrogen and oxygen atoms in total. The van der Waals surface area contributed by atoms with Crippen molar-refractivity contribution in [1.82, 2.24) is 0 Å². The average molecular weight is 306 g/mol. The SMILES string of the molecule is C#CC(C(=C=C)c1ccccc1)(c1ccccc1)c1ccccc1. The van der Waals surface area contributed by atoms with E-state index in [4.69, 9.17) is 6.42 Å². The Morgan fingerprint density at radius 2 is 1.12 bits per heavy atom. The Kier molecular flexibility index (Phi) is 4.48. The molecule has 0 fully saturated rings. The van der Waals surface area contributed by atoms with Crippen LogP contribution in [0.5, 0.6) is 0 Å². The maximum absolute atomic E-state index is 6.15. The van der Waals surface area contributed by atoms with Gasteiger partial charge in [-0.15, -0.1) is 12.2 Å². The lowest BCUT2D eigenvalue weighted by Gasteiger charge is -2.32. The first-order valence-corrected chi connectivity index (χ1v) is 7.87. The summed E-state index contributed by atoms with van der Waals surface area (Å²) in [6, 6.07) is 30.4. The van der Waals surface area contributed by atoms with Crippen molar-refractivity contribution >= 4 is 5.57 Å². The van der Waals surface area contributed by atoms with Gasteiger partial charge in [0.05, 0.1) is 0 Å². The van der Waals surface area contributed by atoms with Crippen LogP contribution < -0.4 is 0 Å². The van der Waals surface area contributed by atoms with E-state index in [1.165, 1.54) is 0 Å². The van der Waals surface area contributed by atoms with Crippen molar-refractivity contribution in [2.24, 2.45) is 0 Å². The quantitative estimate of drug-likeness (QED) is 0.442. The molecule has 0 saturated carbocycles. The minimum atomic E-state index is -0.731. The monoisotopic (exact) mass is 306 g/mol. The molecule has 0 heteroatoms. The Morgan fingerprint density at radius 1 is 0.708 bits per heavy atom. The van der Waals surface area contributed by atoms with Crippen LogP contribution in [0.25, 0.3) is 5.57 Å². The molecule has 0 heterocycles. The normalized spacial score (nSPS) is 10.5. The first-order valence-electron chi connectivity index (χ1n) is 7.87. The molecule has 0 aliphatic carbocycles. The Bertz CT molecular complexity index is 851. The zero-order valence-corrected chi connectivity index (χ0v) is 13.4. The summed E-state index contributed by atoms with van der Waals surface area (Å²) in [5.41, 5.74) is 6.39. The molecule has 0 saturated heterocycles. The summed E-state index contributed by atoms with van der Waals surface area (Å²) in [6.07, 6.45) is 6.15. The van der Waals surface area contributed by atoms with Crippen LogP contribution in [0.3, 0.4) is 0 Å².